The highest BCUT2D eigenvalue weighted by atomic mass is 32.2. The molecule has 0 saturated carbocycles. The van der Waals surface area contributed by atoms with E-state index in [1.54, 1.807) is 4.90 Å². The predicted octanol–water partition coefficient (Wildman–Crippen LogP) is -1.06. The lowest BCUT2D eigenvalue weighted by Crippen LogP contribution is -2.41. The zero-order chi connectivity index (χ0) is 13.7. The Morgan fingerprint density at radius 2 is 2.21 bits per heavy atom. The van der Waals surface area contributed by atoms with Crippen LogP contribution < -0.4 is 4.72 Å². The molecule has 0 bridgehead atoms. The quantitative estimate of drug-likeness (QED) is 0.718. The summed E-state index contributed by atoms with van der Waals surface area (Å²) in [5.41, 5.74) is 0. The monoisotopic (exact) mass is 288 g/mol. The standard InChI is InChI=1S/C10H16N4O4S/c15-10(14-3-5-18-6-4-14)1-2-13-19(16,17)9-7-11-12-8-9/h7-8,13H,1-6H2,(H,11,12). The molecule has 2 heterocycles. The minimum absolute atomic E-state index is 0.0614. The van der Waals surface area contributed by atoms with E-state index in [0.717, 1.165) is 0 Å². The zero-order valence-corrected chi connectivity index (χ0v) is 11.1. The van der Waals surface area contributed by atoms with Gasteiger partial charge in [-0.2, -0.15) is 5.10 Å². The van der Waals surface area contributed by atoms with Crippen molar-refractivity contribution in [2.75, 3.05) is 32.8 Å². The van der Waals surface area contributed by atoms with Gasteiger partial charge in [0.25, 0.3) is 0 Å². The molecular weight excluding hydrogens is 272 g/mol. The molecule has 106 valence electrons. The maximum absolute atomic E-state index is 11.8. The Balaban J connectivity index is 1.78. The van der Waals surface area contributed by atoms with Crippen LogP contribution in [0.1, 0.15) is 6.42 Å². The third-order valence-corrected chi connectivity index (χ3v) is 4.21. The van der Waals surface area contributed by atoms with E-state index in [2.05, 4.69) is 14.9 Å². The lowest BCUT2D eigenvalue weighted by molar-refractivity contribution is -0.135. The Morgan fingerprint density at radius 1 is 1.47 bits per heavy atom. The molecule has 2 N–H and O–H groups in total. The fourth-order valence-electron chi connectivity index (χ4n) is 1.73. The van der Waals surface area contributed by atoms with E-state index in [1.807, 2.05) is 0 Å². The first-order valence-corrected chi connectivity index (χ1v) is 7.42. The zero-order valence-electron chi connectivity index (χ0n) is 10.3. The van der Waals surface area contributed by atoms with E-state index < -0.39 is 10.0 Å². The fourth-order valence-corrected chi connectivity index (χ4v) is 2.67. The van der Waals surface area contributed by atoms with Crippen molar-refractivity contribution in [3.05, 3.63) is 12.4 Å². The lowest BCUT2D eigenvalue weighted by Gasteiger charge is -2.26. The van der Waals surface area contributed by atoms with E-state index in [4.69, 9.17) is 4.74 Å². The summed E-state index contributed by atoms with van der Waals surface area (Å²) in [6, 6.07) is 0. The van der Waals surface area contributed by atoms with Crippen LogP contribution in [-0.2, 0) is 19.6 Å². The molecule has 1 saturated heterocycles. The SMILES string of the molecule is O=C(CCNS(=O)(=O)c1cn[nH]c1)N1CCOCC1. The molecule has 1 aliphatic heterocycles. The van der Waals surface area contributed by atoms with Crippen molar-refractivity contribution in [2.24, 2.45) is 0 Å². The molecule has 1 fully saturated rings. The maximum Gasteiger partial charge on any atom is 0.243 e. The van der Waals surface area contributed by atoms with Crippen LogP contribution in [0.4, 0.5) is 0 Å². The highest BCUT2D eigenvalue weighted by Gasteiger charge is 2.18. The molecular formula is C10H16N4O4S. The second-order valence-corrected chi connectivity index (χ2v) is 5.84. The third-order valence-electron chi connectivity index (χ3n) is 2.78. The van der Waals surface area contributed by atoms with Crippen LogP contribution in [-0.4, -0.2) is 62.3 Å². The minimum atomic E-state index is -3.58. The molecule has 0 aliphatic carbocycles. The molecule has 0 spiro atoms. The smallest absolute Gasteiger partial charge is 0.243 e. The van der Waals surface area contributed by atoms with Gasteiger partial charge in [-0.1, -0.05) is 0 Å². The first-order chi connectivity index (χ1) is 9.09. The largest absolute Gasteiger partial charge is 0.378 e. The van der Waals surface area contributed by atoms with Gasteiger partial charge in [-0.25, -0.2) is 13.1 Å². The number of sulfonamides is 1. The van der Waals surface area contributed by atoms with Crippen molar-refractivity contribution in [2.45, 2.75) is 11.3 Å². The third kappa shape index (κ3) is 3.75. The topological polar surface area (TPSA) is 104 Å². The molecule has 0 radical (unpaired) electrons. The number of carbonyl (C=O) groups excluding carboxylic acids is 1. The van der Waals surface area contributed by atoms with Gasteiger partial charge in [0.05, 0.1) is 19.4 Å². The Hall–Kier alpha value is -1.45. The summed E-state index contributed by atoms with van der Waals surface area (Å²) < 4.78 is 31.0. The molecule has 1 aromatic rings. The van der Waals surface area contributed by atoms with Crippen molar-refractivity contribution in [1.29, 1.82) is 0 Å². The van der Waals surface area contributed by atoms with Crippen molar-refractivity contribution < 1.29 is 17.9 Å². The van der Waals surface area contributed by atoms with Gasteiger partial charge in [0.2, 0.25) is 15.9 Å². The van der Waals surface area contributed by atoms with Crippen molar-refractivity contribution in [3.8, 4) is 0 Å². The van der Waals surface area contributed by atoms with Crippen LogP contribution in [0.25, 0.3) is 0 Å². The molecule has 0 unspecified atom stereocenters. The highest BCUT2D eigenvalue weighted by Crippen LogP contribution is 2.05. The Bertz CT molecular complexity index is 508. The van der Waals surface area contributed by atoms with Gasteiger partial charge in [-0.3, -0.25) is 9.89 Å². The number of nitrogens with one attached hydrogen (secondary N) is 2. The lowest BCUT2D eigenvalue weighted by atomic mass is 10.3. The number of aromatic amines is 1. The van der Waals surface area contributed by atoms with Gasteiger partial charge in [0, 0.05) is 32.3 Å². The summed E-state index contributed by atoms with van der Waals surface area (Å²) in [6.45, 7) is 2.27. The molecule has 19 heavy (non-hydrogen) atoms. The van der Waals surface area contributed by atoms with Crippen LogP contribution in [0.5, 0.6) is 0 Å². The second-order valence-electron chi connectivity index (χ2n) is 4.07. The fraction of sp³-hybridized carbons (Fsp3) is 0.600. The number of nitrogens with zero attached hydrogens (tertiary/aromatic N) is 2. The number of amides is 1. The summed E-state index contributed by atoms with van der Waals surface area (Å²) in [7, 11) is -3.58. The summed E-state index contributed by atoms with van der Waals surface area (Å²) in [6.07, 6.45) is 2.63. The Labute approximate surface area is 111 Å². The molecule has 9 heteroatoms. The van der Waals surface area contributed by atoms with Gasteiger partial charge in [-0.05, 0) is 0 Å². The van der Waals surface area contributed by atoms with Gasteiger partial charge in [0.1, 0.15) is 4.90 Å². The summed E-state index contributed by atoms with van der Waals surface area (Å²) >= 11 is 0. The van der Waals surface area contributed by atoms with E-state index in [1.165, 1.54) is 12.4 Å². The molecule has 2 rings (SSSR count). The van der Waals surface area contributed by atoms with E-state index >= 15 is 0 Å². The van der Waals surface area contributed by atoms with Crippen molar-refractivity contribution in [3.63, 3.8) is 0 Å². The van der Waals surface area contributed by atoms with Crippen LogP contribution in [0, 0.1) is 0 Å². The first-order valence-electron chi connectivity index (χ1n) is 5.93. The summed E-state index contributed by atoms with van der Waals surface area (Å²) in [5.74, 6) is -0.0711. The van der Waals surface area contributed by atoms with Gasteiger partial charge < -0.3 is 9.64 Å². The van der Waals surface area contributed by atoms with E-state index in [-0.39, 0.29) is 23.8 Å². The minimum Gasteiger partial charge on any atom is -0.378 e. The number of hydrogen-bond donors (Lipinski definition) is 2. The molecule has 1 amide bonds. The number of rotatable bonds is 5. The Morgan fingerprint density at radius 3 is 2.84 bits per heavy atom. The van der Waals surface area contributed by atoms with Crippen molar-refractivity contribution in [1.82, 2.24) is 19.8 Å². The average Bonchev–Trinajstić information content (AvgIpc) is 2.94. The average molecular weight is 288 g/mol. The molecule has 8 nitrogen and oxygen atoms in total. The van der Waals surface area contributed by atoms with Crippen LogP contribution >= 0.6 is 0 Å². The highest BCUT2D eigenvalue weighted by molar-refractivity contribution is 7.89. The van der Waals surface area contributed by atoms with Crippen LogP contribution in [0.15, 0.2) is 17.3 Å². The van der Waals surface area contributed by atoms with E-state index in [0.29, 0.717) is 26.3 Å². The summed E-state index contributed by atoms with van der Waals surface area (Å²) in [5, 5.41) is 6.00. The molecule has 0 atom stereocenters. The number of morpholine rings is 1. The van der Waals surface area contributed by atoms with Crippen LogP contribution in [0.3, 0.4) is 0 Å². The van der Waals surface area contributed by atoms with Crippen molar-refractivity contribution >= 4 is 15.9 Å². The normalized spacial score (nSPS) is 16.5. The predicted molar refractivity (Wildman–Crippen MR) is 65.8 cm³/mol. The first kappa shape index (κ1) is 14.0. The summed E-state index contributed by atoms with van der Waals surface area (Å²) in [4.78, 5) is 13.5. The van der Waals surface area contributed by atoms with Gasteiger partial charge >= 0.3 is 0 Å². The van der Waals surface area contributed by atoms with Gasteiger partial charge in [0.15, 0.2) is 0 Å². The number of aromatic nitrogens is 2. The number of ether oxygens (including phenoxy) is 1. The number of carbonyl (C=O) groups is 1. The number of H-pyrrole nitrogens is 1. The van der Waals surface area contributed by atoms with Crippen LogP contribution in [0.2, 0.25) is 0 Å². The van der Waals surface area contributed by atoms with Gasteiger partial charge in [-0.15, -0.1) is 0 Å². The maximum atomic E-state index is 11.8. The van der Waals surface area contributed by atoms with E-state index in [9.17, 15) is 13.2 Å². The number of hydrogen-bond acceptors (Lipinski definition) is 5. The second kappa shape index (κ2) is 6.13. The molecule has 0 aromatic carbocycles. The Kier molecular flexibility index (Phi) is 4.51. The molecule has 1 aromatic heterocycles. The molecule has 1 aliphatic rings.